The van der Waals surface area contributed by atoms with Crippen LogP contribution in [0.5, 0.6) is 17.2 Å². The van der Waals surface area contributed by atoms with Crippen molar-refractivity contribution in [3.05, 3.63) is 71.9 Å². The predicted molar refractivity (Wildman–Crippen MR) is 142 cm³/mol. The van der Waals surface area contributed by atoms with E-state index in [-0.39, 0.29) is 17.2 Å². The van der Waals surface area contributed by atoms with Crippen molar-refractivity contribution < 1.29 is 32.2 Å². The summed E-state index contributed by atoms with van der Waals surface area (Å²) in [6.45, 7) is 1.70. The van der Waals surface area contributed by atoms with Crippen LogP contribution in [0.2, 0.25) is 0 Å². The lowest BCUT2D eigenvalue weighted by molar-refractivity contribution is 0.0730. The summed E-state index contributed by atoms with van der Waals surface area (Å²) in [5.74, 6) is 1.92. The minimum absolute atomic E-state index is 0.0171. The first kappa shape index (κ1) is 27.4. The van der Waals surface area contributed by atoms with E-state index in [1.54, 1.807) is 38.6 Å². The molecule has 0 radical (unpaired) electrons. The lowest BCUT2D eigenvalue weighted by Gasteiger charge is -2.26. The van der Waals surface area contributed by atoms with Gasteiger partial charge >= 0.3 is 0 Å². The molecule has 0 bridgehead atoms. The second-order valence-electron chi connectivity index (χ2n) is 8.54. The average Bonchev–Trinajstić information content (AvgIpc) is 2.97. The summed E-state index contributed by atoms with van der Waals surface area (Å²) < 4.78 is 48.9. The van der Waals surface area contributed by atoms with Crippen LogP contribution in [-0.2, 0) is 21.3 Å². The number of benzene rings is 2. The van der Waals surface area contributed by atoms with Crippen molar-refractivity contribution in [1.82, 2.24) is 9.29 Å². The number of pyridine rings is 1. The average molecular weight is 542 g/mol. The largest absolute Gasteiger partial charge is 0.493 e. The number of carbonyl (C=O) groups excluding carboxylic acids is 1. The number of methoxy groups -OCH3 is 3. The molecule has 10 nitrogen and oxygen atoms in total. The number of rotatable bonds is 11. The number of Topliss-reactive ketones (excluding diaryl/α,β-unsaturated/α-hetero) is 1. The van der Waals surface area contributed by atoms with Gasteiger partial charge < -0.3 is 23.8 Å². The lowest BCUT2D eigenvalue weighted by Crippen LogP contribution is -2.40. The molecule has 0 amide bonds. The Hall–Kier alpha value is -3.67. The monoisotopic (exact) mass is 541 g/mol. The molecule has 0 aliphatic carbocycles. The summed E-state index contributed by atoms with van der Waals surface area (Å²) in [6.07, 6.45) is 1.66. The van der Waals surface area contributed by atoms with Gasteiger partial charge in [-0.3, -0.25) is 4.79 Å². The van der Waals surface area contributed by atoms with Gasteiger partial charge in [0.05, 0.1) is 46.0 Å². The van der Waals surface area contributed by atoms with Gasteiger partial charge in [0, 0.05) is 31.4 Å². The first-order valence-electron chi connectivity index (χ1n) is 12.0. The number of carbonyl (C=O) groups is 1. The van der Waals surface area contributed by atoms with Gasteiger partial charge in [0.2, 0.25) is 15.8 Å². The normalized spacial score (nSPS) is 14.1. The summed E-state index contributed by atoms with van der Waals surface area (Å²) in [6, 6.07) is 15.2. The molecule has 0 spiro atoms. The fraction of sp³-hybridized carbons (Fsp3) is 0.333. The highest BCUT2D eigenvalue weighted by atomic mass is 32.2. The molecule has 0 N–H and O–H groups in total. The Labute approximate surface area is 222 Å². The van der Waals surface area contributed by atoms with E-state index in [0.717, 1.165) is 5.56 Å². The number of hydrogen-bond donors (Lipinski definition) is 0. The van der Waals surface area contributed by atoms with Gasteiger partial charge in [-0.15, -0.1) is 0 Å². The molecule has 4 rings (SSSR count). The number of morpholine rings is 1. The second-order valence-corrected chi connectivity index (χ2v) is 10.5. The summed E-state index contributed by atoms with van der Waals surface area (Å²) in [5.41, 5.74) is 1.22. The van der Waals surface area contributed by atoms with Gasteiger partial charge in [-0.1, -0.05) is 6.07 Å². The fourth-order valence-corrected chi connectivity index (χ4v) is 5.63. The standard InChI is InChI=1S/C27H31N3O7S/c1-34-24-16-20(17-25(35-2)27(24)36-3)18-29(26-6-4-5-11-28-26)19-23(31)21-7-9-22(10-8-21)38(32,33)30-12-14-37-15-13-30/h4-11,16-17H,12-15,18-19H2,1-3H3. The molecule has 1 aliphatic rings. The maximum atomic E-state index is 13.3. The first-order valence-corrected chi connectivity index (χ1v) is 13.5. The van der Waals surface area contributed by atoms with Crippen molar-refractivity contribution in [2.24, 2.45) is 0 Å². The Balaban J connectivity index is 1.57. The zero-order chi connectivity index (χ0) is 27.1. The smallest absolute Gasteiger partial charge is 0.243 e. The number of ketones is 1. The molecule has 1 fully saturated rings. The first-order chi connectivity index (χ1) is 18.4. The molecule has 3 aromatic rings. The molecular weight excluding hydrogens is 510 g/mol. The Bertz CT molecular complexity index is 1320. The zero-order valence-corrected chi connectivity index (χ0v) is 22.4. The molecule has 1 saturated heterocycles. The molecule has 1 aromatic heterocycles. The van der Waals surface area contributed by atoms with Gasteiger partial charge in [0.15, 0.2) is 17.3 Å². The van der Waals surface area contributed by atoms with Crippen LogP contribution >= 0.6 is 0 Å². The summed E-state index contributed by atoms with van der Waals surface area (Å²) >= 11 is 0. The Morgan fingerprint density at radius 3 is 2.18 bits per heavy atom. The van der Waals surface area contributed by atoms with Gasteiger partial charge in [-0.2, -0.15) is 4.31 Å². The molecule has 202 valence electrons. The highest BCUT2D eigenvalue weighted by molar-refractivity contribution is 7.89. The topological polar surface area (TPSA) is 108 Å². The number of ether oxygens (including phenoxy) is 4. The summed E-state index contributed by atoms with van der Waals surface area (Å²) in [5, 5.41) is 0. The van der Waals surface area contributed by atoms with Crippen molar-refractivity contribution >= 4 is 21.6 Å². The number of nitrogens with zero attached hydrogens (tertiary/aromatic N) is 3. The van der Waals surface area contributed by atoms with E-state index in [1.165, 1.54) is 23.5 Å². The highest BCUT2D eigenvalue weighted by Crippen LogP contribution is 2.38. The molecule has 0 atom stereocenters. The van der Waals surface area contributed by atoms with E-state index in [2.05, 4.69) is 4.98 Å². The van der Waals surface area contributed by atoms with Crippen molar-refractivity contribution in [3.63, 3.8) is 0 Å². The molecule has 0 saturated carbocycles. The van der Waals surface area contributed by atoms with Crippen LogP contribution in [0.4, 0.5) is 5.82 Å². The summed E-state index contributed by atoms with van der Waals surface area (Å²) in [7, 11) is 0.987. The fourth-order valence-electron chi connectivity index (χ4n) is 4.22. The van der Waals surface area contributed by atoms with Crippen LogP contribution in [0, 0.1) is 0 Å². The zero-order valence-electron chi connectivity index (χ0n) is 21.6. The van der Waals surface area contributed by atoms with Crippen molar-refractivity contribution in [1.29, 1.82) is 0 Å². The van der Waals surface area contributed by atoms with E-state index in [0.29, 0.717) is 61.5 Å². The van der Waals surface area contributed by atoms with E-state index in [1.807, 2.05) is 29.2 Å². The van der Waals surface area contributed by atoms with Crippen LogP contribution in [-0.4, -0.2) is 77.7 Å². The summed E-state index contributed by atoms with van der Waals surface area (Å²) in [4.78, 5) is 19.7. The Morgan fingerprint density at radius 2 is 1.63 bits per heavy atom. The van der Waals surface area contributed by atoms with Crippen molar-refractivity contribution in [2.45, 2.75) is 11.4 Å². The van der Waals surface area contributed by atoms with Gasteiger partial charge in [0.1, 0.15) is 5.82 Å². The Kier molecular flexibility index (Phi) is 8.82. The van der Waals surface area contributed by atoms with Crippen molar-refractivity contribution in [2.75, 3.05) is 59.1 Å². The van der Waals surface area contributed by atoms with Crippen molar-refractivity contribution in [3.8, 4) is 17.2 Å². The van der Waals surface area contributed by atoms with Crippen LogP contribution < -0.4 is 19.1 Å². The van der Waals surface area contributed by atoms with Gasteiger partial charge in [-0.05, 0) is 54.1 Å². The van der Waals surface area contributed by atoms with E-state index < -0.39 is 10.0 Å². The van der Waals surface area contributed by atoms with Gasteiger partial charge in [-0.25, -0.2) is 13.4 Å². The minimum Gasteiger partial charge on any atom is -0.493 e. The second kappa shape index (κ2) is 12.2. The van der Waals surface area contributed by atoms with E-state index in [4.69, 9.17) is 18.9 Å². The maximum absolute atomic E-state index is 13.3. The molecular formula is C27H31N3O7S. The number of hydrogen-bond acceptors (Lipinski definition) is 9. The third-order valence-corrected chi connectivity index (χ3v) is 8.10. The van der Waals surface area contributed by atoms with Crippen LogP contribution in [0.25, 0.3) is 0 Å². The minimum atomic E-state index is -3.64. The highest BCUT2D eigenvalue weighted by Gasteiger charge is 2.26. The Morgan fingerprint density at radius 1 is 0.974 bits per heavy atom. The predicted octanol–water partition coefficient (Wildman–Crippen LogP) is 3.02. The molecule has 2 aromatic carbocycles. The van der Waals surface area contributed by atoms with E-state index in [9.17, 15) is 13.2 Å². The number of sulfonamides is 1. The molecule has 1 aliphatic heterocycles. The molecule has 0 unspecified atom stereocenters. The van der Waals surface area contributed by atoms with Crippen LogP contribution in [0.1, 0.15) is 15.9 Å². The third kappa shape index (κ3) is 6.07. The molecule has 11 heteroatoms. The SMILES string of the molecule is COc1cc(CN(CC(=O)c2ccc(S(=O)(=O)N3CCOCC3)cc2)c2ccccn2)cc(OC)c1OC. The molecule has 2 heterocycles. The van der Waals surface area contributed by atoms with E-state index >= 15 is 0 Å². The third-order valence-electron chi connectivity index (χ3n) is 6.19. The van der Waals surface area contributed by atoms with Gasteiger partial charge in [0.25, 0.3) is 0 Å². The lowest BCUT2D eigenvalue weighted by atomic mass is 10.1. The van der Waals surface area contributed by atoms with Crippen LogP contribution in [0.15, 0.2) is 65.7 Å². The number of aromatic nitrogens is 1. The van der Waals surface area contributed by atoms with Crippen LogP contribution in [0.3, 0.4) is 0 Å². The maximum Gasteiger partial charge on any atom is 0.243 e. The number of anilines is 1. The quantitative estimate of drug-likeness (QED) is 0.339. The molecule has 38 heavy (non-hydrogen) atoms.